The van der Waals surface area contributed by atoms with Gasteiger partial charge in [0, 0.05) is 6.04 Å². The van der Waals surface area contributed by atoms with Gasteiger partial charge in [0.15, 0.2) is 5.54 Å². The SMILES string of the molecule is CC(O)C1(C(=O)O)NC(c2ccc(C=Cc3ccccc3)cc2)C2C(=O)N(Cc3ccccc3)C(=O)C21. The number of benzene rings is 3. The van der Waals surface area contributed by atoms with E-state index in [1.165, 1.54) is 6.92 Å². The number of carbonyl (C=O) groups is 3. The third-order valence-corrected chi connectivity index (χ3v) is 7.45. The van der Waals surface area contributed by atoms with Crippen molar-refractivity contribution >= 4 is 29.9 Å². The maximum atomic E-state index is 13.6. The van der Waals surface area contributed by atoms with Crippen molar-refractivity contribution in [2.75, 3.05) is 0 Å². The molecule has 2 heterocycles. The van der Waals surface area contributed by atoms with Crippen molar-refractivity contribution in [1.82, 2.24) is 10.2 Å². The van der Waals surface area contributed by atoms with Crippen LogP contribution >= 0.6 is 0 Å². The lowest BCUT2D eigenvalue weighted by Gasteiger charge is -2.33. The van der Waals surface area contributed by atoms with Crippen molar-refractivity contribution in [2.45, 2.75) is 31.2 Å². The van der Waals surface area contributed by atoms with E-state index in [1.807, 2.05) is 97.1 Å². The molecular weight excluding hydrogens is 468 g/mol. The second-order valence-electron chi connectivity index (χ2n) is 9.63. The molecule has 5 atom stereocenters. The molecule has 0 aromatic heterocycles. The van der Waals surface area contributed by atoms with E-state index in [1.54, 1.807) is 0 Å². The number of nitrogens with one attached hydrogen (secondary N) is 1. The van der Waals surface area contributed by atoms with Crippen LogP contribution in [0.5, 0.6) is 0 Å². The molecule has 2 aliphatic rings. The number of aliphatic hydroxyl groups is 1. The minimum atomic E-state index is -1.99. The van der Waals surface area contributed by atoms with Crippen LogP contribution in [-0.4, -0.2) is 44.5 Å². The van der Waals surface area contributed by atoms with Gasteiger partial charge in [-0.1, -0.05) is 97.1 Å². The van der Waals surface area contributed by atoms with Crippen LogP contribution in [0, 0.1) is 11.8 Å². The van der Waals surface area contributed by atoms with Crippen LogP contribution in [0.3, 0.4) is 0 Å². The fourth-order valence-electron chi connectivity index (χ4n) is 5.54. The molecule has 2 aliphatic heterocycles. The quantitative estimate of drug-likeness (QED) is 0.341. The molecule has 2 fully saturated rings. The number of carboxylic acid groups (broad SMARTS) is 1. The first-order valence-corrected chi connectivity index (χ1v) is 12.2. The van der Waals surface area contributed by atoms with Gasteiger partial charge >= 0.3 is 5.97 Å². The van der Waals surface area contributed by atoms with Crippen LogP contribution in [0.15, 0.2) is 84.9 Å². The molecule has 0 aliphatic carbocycles. The molecule has 0 saturated carbocycles. The molecule has 0 spiro atoms. The highest BCUT2D eigenvalue weighted by Crippen LogP contribution is 2.50. The molecule has 3 aromatic rings. The number of hydrogen-bond acceptors (Lipinski definition) is 5. The standard InChI is InChI=1S/C30H28N2O5/c1-19(33)30(29(36)37)25-24(27(34)32(28(25)35)18-22-10-6-3-7-11-22)26(31-30)23-16-14-21(15-17-23)13-12-20-8-4-2-5-9-20/h2-17,19,24-26,31,33H,18H2,1H3,(H,36,37). The van der Waals surface area contributed by atoms with Crippen molar-refractivity contribution in [3.8, 4) is 0 Å². The first-order chi connectivity index (χ1) is 17.8. The van der Waals surface area contributed by atoms with Crippen LogP contribution in [0.2, 0.25) is 0 Å². The number of carbonyl (C=O) groups excluding carboxylic acids is 2. The summed E-state index contributed by atoms with van der Waals surface area (Å²) in [7, 11) is 0. The summed E-state index contributed by atoms with van der Waals surface area (Å²) in [5.41, 5.74) is 1.45. The van der Waals surface area contributed by atoms with Crippen LogP contribution in [0.25, 0.3) is 12.2 Å². The Balaban J connectivity index is 1.48. The van der Waals surface area contributed by atoms with Gasteiger partial charge in [0.25, 0.3) is 0 Å². The van der Waals surface area contributed by atoms with Crippen molar-refractivity contribution < 1.29 is 24.6 Å². The monoisotopic (exact) mass is 496 g/mol. The lowest BCUT2D eigenvalue weighted by molar-refractivity contribution is -0.157. The molecule has 3 aromatic carbocycles. The normalized spacial score (nSPS) is 26.0. The molecular formula is C30H28N2O5. The Morgan fingerprint density at radius 1 is 0.919 bits per heavy atom. The van der Waals surface area contributed by atoms with E-state index in [9.17, 15) is 24.6 Å². The molecule has 2 amide bonds. The van der Waals surface area contributed by atoms with Gasteiger partial charge in [-0.2, -0.15) is 0 Å². The van der Waals surface area contributed by atoms with Crippen molar-refractivity contribution in [1.29, 1.82) is 0 Å². The summed E-state index contributed by atoms with van der Waals surface area (Å²) in [5, 5.41) is 23.9. The third-order valence-electron chi connectivity index (χ3n) is 7.45. The van der Waals surface area contributed by atoms with E-state index < -0.39 is 47.3 Å². The summed E-state index contributed by atoms with van der Waals surface area (Å²) < 4.78 is 0. The van der Waals surface area contributed by atoms with Crippen molar-refractivity contribution in [3.05, 3.63) is 107 Å². The minimum Gasteiger partial charge on any atom is -0.480 e. The molecule has 37 heavy (non-hydrogen) atoms. The predicted octanol–water partition coefficient (Wildman–Crippen LogP) is 3.51. The average molecular weight is 497 g/mol. The summed E-state index contributed by atoms with van der Waals surface area (Å²) in [4.78, 5) is 40.9. The number of aliphatic hydroxyl groups excluding tert-OH is 1. The number of likely N-dealkylation sites (tertiary alicyclic amines) is 1. The highest BCUT2D eigenvalue weighted by molar-refractivity contribution is 6.09. The zero-order valence-corrected chi connectivity index (χ0v) is 20.3. The Hall–Kier alpha value is -4.07. The average Bonchev–Trinajstić information content (AvgIpc) is 3.40. The topological polar surface area (TPSA) is 107 Å². The van der Waals surface area contributed by atoms with Gasteiger partial charge in [0.1, 0.15) is 0 Å². The number of amides is 2. The molecule has 188 valence electrons. The van der Waals surface area contributed by atoms with E-state index in [2.05, 4.69) is 5.32 Å². The highest BCUT2D eigenvalue weighted by Gasteiger charge is 2.70. The van der Waals surface area contributed by atoms with Gasteiger partial charge < -0.3 is 10.2 Å². The maximum Gasteiger partial charge on any atom is 0.327 e. The smallest absolute Gasteiger partial charge is 0.327 e. The second-order valence-corrected chi connectivity index (χ2v) is 9.63. The van der Waals surface area contributed by atoms with E-state index >= 15 is 0 Å². The van der Waals surface area contributed by atoms with Crippen molar-refractivity contribution in [3.63, 3.8) is 0 Å². The molecule has 7 nitrogen and oxygen atoms in total. The van der Waals surface area contributed by atoms with E-state index in [0.717, 1.165) is 21.6 Å². The summed E-state index contributed by atoms with van der Waals surface area (Å²) in [5.74, 6) is -4.56. The maximum absolute atomic E-state index is 13.6. The Morgan fingerprint density at radius 3 is 2.05 bits per heavy atom. The number of hydrogen-bond donors (Lipinski definition) is 3. The third kappa shape index (κ3) is 4.26. The highest BCUT2D eigenvalue weighted by atomic mass is 16.4. The number of aliphatic carboxylic acids is 1. The molecule has 2 saturated heterocycles. The zero-order chi connectivity index (χ0) is 26.2. The fourth-order valence-corrected chi connectivity index (χ4v) is 5.54. The first-order valence-electron chi connectivity index (χ1n) is 12.2. The second kappa shape index (κ2) is 9.76. The van der Waals surface area contributed by atoms with Crippen LogP contribution < -0.4 is 5.32 Å². The molecule has 7 heteroatoms. The summed E-state index contributed by atoms with van der Waals surface area (Å²) >= 11 is 0. The van der Waals surface area contributed by atoms with Gasteiger partial charge in [0.2, 0.25) is 11.8 Å². The summed E-state index contributed by atoms with van der Waals surface area (Å²) in [6.07, 6.45) is 2.54. The van der Waals surface area contributed by atoms with Gasteiger partial charge in [0.05, 0.1) is 24.5 Å². The van der Waals surface area contributed by atoms with Gasteiger partial charge in [-0.3, -0.25) is 24.6 Å². The van der Waals surface area contributed by atoms with E-state index in [4.69, 9.17) is 0 Å². The first kappa shape index (κ1) is 24.6. The Bertz CT molecular complexity index is 1340. The Labute approximate surface area is 215 Å². The number of fused-ring (bicyclic) bond motifs is 1. The summed E-state index contributed by atoms with van der Waals surface area (Å²) in [6.45, 7) is 1.40. The van der Waals surface area contributed by atoms with Crippen LogP contribution in [0.4, 0.5) is 0 Å². The Morgan fingerprint density at radius 2 is 1.49 bits per heavy atom. The molecule has 5 rings (SSSR count). The number of rotatable bonds is 7. The van der Waals surface area contributed by atoms with Crippen molar-refractivity contribution in [2.24, 2.45) is 11.8 Å². The minimum absolute atomic E-state index is 0.0525. The largest absolute Gasteiger partial charge is 0.480 e. The van der Waals surface area contributed by atoms with Gasteiger partial charge in [-0.15, -0.1) is 0 Å². The summed E-state index contributed by atoms with van der Waals surface area (Å²) in [6, 6.07) is 25.7. The number of imide groups is 1. The van der Waals surface area contributed by atoms with Crippen LogP contribution in [0.1, 0.15) is 35.2 Å². The van der Waals surface area contributed by atoms with Gasteiger partial charge in [-0.05, 0) is 29.2 Å². The lowest BCUT2D eigenvalue weighted by Crippen LogP contribution is -2.62. The van der Waals surface area contributed by atoms with E-state index in [0.29, 0.717) is 5.56 Å². The number of nitrogens with zero attached hydrogens (tertiary/aromatic N) is 1. The lowest BCUT2D eigenvalue weighted by atomic mass is 9.76. The van der Waals surface area contributed by atoms with E-state index in [-0.39, 0.29) is 6.54 Å². The van der Waals surface area contributed by atoms with Gasteiger partial charge in [-0.25, -0.2) is 0 Å². The molecule has 3 N–H and O–H groups in total. The molecule has 0 bridgehead atoms. The molecule has 0 radical (unpaired) electrons. The number of carboxylic acids is 1. The zero-order valence-electron chi connectivity index (χ0n) is 20.3. The Kier molecular flexibility index (Phi) is 6.50. The predicted molar refractivity (Wildman–Crippen MR) is 139 cm³/mol. The fraction of sp³-hybridized carbons (Fsp3) is 0.233. The van der Waals surface area contributed by atoms with Crippen LogP contribution in [-0.2, 0) is 20.9 Å². The molecule has 5 unspecified atom stereocenters.